The van der Waals surface area contributed by atoms with E-state index in [0.717, 1.165) is 38.5 Å². The van der Waals surface area contributed by atoms with Crippen LogP contribution in [0.2, 0.25) is 0 Å². The number of hydrogen-bond donors (Lipinski definition) is 1. The average molecular weight is 395 g/mol. The van der Waals surface area contributed by atoms with Crippen LogP contribution in [-0.2, 0) is 0 Å². The first-order valence-electron chi connectivity index (χ1n) is 10.7. The lowest BCUT2D eigenvalue weighted by Gasteiger charge is -2.04. The number of aromatic nitrogens is 1. The maximum atomic E-state index is 12.0. The summed E-state index contributed by atoms with van der Waals surface area (Å²) < 4.78 is 0. The summed E-state index contributed by atoms with van der Waals surface area (Å²) in [6.07, 6.45) is 19.0. The van der Waals surface area contributed by atoms with Crippen LogP contribution in [-0.4, -0.2) is 17.4 Å². The van der Waals surface area contributed by atoms with Crippen molar-refractivity contribution in [3.63, 3.8) is 0 Å². The summed E-state index contributed by atoms with van der Waals surface area (Å²) in [5.41, 5.74) is 6.29. The van der Waals surface area contributed by atoms with Crippen molar-refractivity contribution in [1.82, 2.24) is 10.3 Å². The van der Waals surface area contributed by atoms with Crippen LogP contribution in [0.15, 0.2) is 71.1 Å². The Balaban J connectivity index is 2.24. The van der Waals surface area contributed by atoms with Gasteiger partial charge >= 0.3 is 0 Å². The Bertz CT molecular complexity index is 735. The normalized spacial score (nSPS) is 12.7. The number of rotatable bonds is 12. The summed E-state index contributed by atoms with van der Waals surface area (Å²) in [7, 11) is 0. The van der Waals surface area contributed by atoms with Crippen molar-refractivity contribution in [2.24, 2.45) is 0 Å². The molecule has 3 nitrogen and oxygen atoms in total. The molecule has 1 N–H and O–H groups in total. The Morgan fingerprint density at radius 1 is 0.793 bits per heavy atom. The first-order valence-corrected chi connectivity index (χ1v) is 10.7. The van der Waals surface area contributed by atoms with Crippen LogP contribution < -0.4 is 5.32 Å². The number of pyridine rings is 1. The Morgan fingerprint density at radius 3 is 1.79 bits per heavy atom. The van der Waals surface area contributed by atoms with Gasteiger partial charge in [0.05, 0.1) is 0 Å². The van der Waals surface area contributed by atoms with E-state index in [9.17, 15) is 4.79 Å². The summed E-state index contributed by atoms with van der Waals surface area (Å²) in [6, 6.07) is 3.44. The van der Waals surface area contributed by atoms with E-state index in [1.807, 2.05) is 0 Å². The number of nitrogens with zero attached hydrogens (tertiary/aromatic N) is 1. The Hall–Kier alpha value is -2.42. The fourth-order valence-corrected chi connectivity index (χ4v) is 2.91. The maximum Gasteiger partial charge on any atom is 0.251 e. The van der Waals surface area contributed by atoms with Gasteiger partial charge in [-0.2, -0.15) is 0 Å². The Labute approximate surface area is 177 Å². The van der Waals surface area contributed by atoms with Crippen LogP contribution in [0.4, 0.5) is 0 Å². The van der Waals surface area contributed by atoms with Gasteiger partial charge in [-0.15, -0.1) is 0 Å². The standard InChI is InChI=1S/C26H38N2O/c1-21(2)9-6-10-22(3)11-7-12-23(4)13-8-14-24(5)15-20-28-26(29)25-16-18-27-19-17-25/h9,11,13,15-19H,6-8,10,12,14,20H2,1-5H3,(H,28,29). The summed E-state index contributed by atoms with van der Waals surface area (Å²) in [4.78, 5) is 15.9. The topological polar surface area (TPSA) is 42.0 Å². The molecule has 0 fully saturated rings. The monoisotopic (exact) mass is 394 g/mol. The minimum atomic E-state index is -0.0589. The molecule has 0 saturated carbocycles. The molecular formula is C26H38N2O. The van der Waals surface area contributed by atoms with Gasteiger partial charge in [0, 0.05) is 24.5 Å². The second kappa shape index (κ2) is 14.6. The third-order valence-electron chi connectivity index (χ3n) is 4.81. The first kappa shape index (κ1) is 24.6. The van der Waals surface area contributed by atoms with E-state index in [0.29, 0.717) is 12.1 Å². The minimum absolute atomic E-state index is 0.0589. The summed E-state index contributed by atoms with van der Waals surface area (Å²) in [6.45, 7) is 11.5. The van der Waals surface area contributed by atoms with Gasteiger partial charge in [-0.25, -0.2) is 0 Å². The second-order valence-corrected chi connectivity index (χ2v) is 7.99. The molecule has 0 aliphatic rings. The molecule has 29 heavy (non-hydrogen) atoms. The van der Waals surface area contributed by atoms with Crippen LogP contribution in [0.3, 0.4) is 0 Å². The van der Waals surface area contributed by atoms with E-state index >= 15 is 0 Å². The zero-order valence-electron chi connectivity index (χ0n) is 18.9. The molecule has 1 aromatic rings. The van der Waals surface area contributed by atoms with Crippen molar-refractivity contribution in [3.8, 4) is 0 Å². The molecule has 158 valence electrons. The number of hydrogen-bond acceptors (Lipinski definition) is 2. The summed E-state index contributed by atoms with van der Waals surface area (Å²) in [5.74, 6) is -0.0589. The highest BCUT2D eigenvalue weighted by atomic mass is 16.1. The lowest BCUT2D eigenvalue weighted by molar-refractivity contribution is 0.0958. The van der Waals surface area contributed by atoms with Crippen LogP contribution in [0.25, 0.3) is 0 Å². The minimum Gasteiger partial charge on any atom is -0.349 e. The van der Waals surface area contributed by atoms with E-state index in [1.165, 1.54) is 22.3 Å². The van der Waals surface area contributed by atoms with Gasteiger partial charge in [0.15, 0.2) is 0 Å². The van der Waals surface area contributed by atoms with Gasteiger partial charge in [-0.1, -0.05) is 46.6 Å². The number of carbonyl (C=O) groups excluding carboxylic acids is 1. The SMILES string of the molecule is CC(C)=CCCC(C)=CCCC(C)=CCCC(C)=CCNC(=O)c1ccncc1. The average Bonchev–Trinajstić information content (AvgIpc) is 2.68. The highest BCUT2D eigenvalue weighted by molar-refractivity contribution is 5.94. The van der Waals surface area contributed by atoms with Gasteiger partial charge in [0.25, 0.3) is 5.91 Å². The lowest BCUT2D eigenvalue weighted by Crippen LogP contribution is -2.23. The van der Waals surface area contributed by atoms with E-state index in [2.05, 4.69) is 69.2 Å². The number of allylic oxidation sites excluding steroid dienone is 7. The third kappa shape index (κ3) is 12.6. The summed E-state index contributed by atoms with van der Waals surface area (Å²) in [5, 5.41) is 2.92. The molecule has 0 saturated heterocycles. The molecule has 0 aliphatic heterocycles. The van der Waals surface area contributed by atoms with Gasteiger partial charge < -0.3 is 5.32 Å². The van der Waals surface area contributed by atoms with Crippen molar-refractivity contribution in [3.05, 3.63) is 76.7 Å². The summed E-state index contributed by atoms with van der Waals surface area (Å²) >= 11 is 0. The molecule has 0 atom stereocenters. The molecule has 1 heterocycles. The third-order valence-corrected chi connectivity index (χ3v) is 4.81. The fourth-order valence-electron chi connectivity index (χ4n) is 2.91. The predicted molar refractivity (Wildman–Crippen MR) is 125 cm³/mol. The van der Waals surface area contributed by atoms with Crippen molar-refractivity contribution in [2.75, 3.05) is 6.54 Å². The van der Waals surface area contributed by atoms with Gasteiger partial charge in [-0.05, 0) is 85.3 Å². The quantitative estimate of drug-likeness (QED) is 0.389. The second-order valence-electron chi connectivity index (χ2n) is 7.99. The van der Waals surface area contributed by atoms with Crippen LogP contribution in [0.1, 0.15) is 83.5 Å². The molecule has 0 aliphatic carbocycles. The van der Waals surface area contributed by atoms with E-state index in [-0.39, 0.29) is 5.91 Å². The molecule has 0 radical (unpaired) electrons. The molecule has 0 spiro atoms. The molecule has 1 rings (SSSR count). The van der Waals surface area contributed by atoms with Crippen molar-refractivity contribution >= 4 is 5.91 Å². The van der Waals surface area contributed by atoms with E-state index < -0.39 is 0 Å². The zero-order valence-corrected chi connectivity index (χ0v) is 18.9. The largest absolute Gasteiger partial charge is 0.349 e. The highest BCUT2D eigenvalue weighted by Gasteiger charge is 2.02. The predicted octanol–water partition coefficient (Wildman–Crippen LogP) is 6.96. The number of amides is 1. The van der Waals surface area contributed by atoms with E-state index in [1.54, 1.807) is 24.5 Å². The zero-order chi connectivity index (χ0) is 21.5. The van der Waals surface area contributed by atoms with Crippen LogP contribution in [0.5, 0.6) is 0 Å². The molecule has 0 bridgehead atoms. The Morgan fingerprint density at radius 2 is 1.28 bits per heavy atom. The molecule has 0 aromatic carbocycles. The molecular weight excluding hydrogens is 356 g/mol. The number of nitrogens with one attached hydrogen (secondary N) is 1. The van der Waals surface area contributed by atoms with Crippen LogP contribution in [0, 0.1) is 0 Å². The molecule has 1 amide bonds. The van der Waals surface area contributed by atoms with Gasteiger partial charge in [0.1, 0.15) is 0 Å². The first-order chi connectivity index (χ1) is 13.9. The Kier molecular flexibility index (Phi) is 12.4. The molecule has 1 aromatic heterocycles. The fraction of sp³-hybridized carbons (Fsp3) is 0.462. The van der Waals surface area contributed by atoms with E-state index in [4.69, 9.17) is 0 Å². The van der Waals surface area contributed by atoms with Crippen molar-refractivity contribution in [1.29, 1.82) is 0 Å². The molecule has 3 heteroatoms. The van der Waals surface area contributed by atoms with Crippen molar-refractivity contribution < 1.29 is 4.79 Å². The number of carbonyl (C=O) groups is 1. The smallest absolute Gasteiger partial charge is 0.251 e. The molecule has 0 unspecified atom stereocenters. The van der Waals surface area contributed by atoms with Gasteiger partial charge in [-0.3, -0.25) is 9.78 Å². The highest BCUT2D eigenvalue weighted by Crippen LogP contribution is 2.13. The maximum absolute atomic E-state index is 12.0. The lowest BCUT2D eigenvalue weighted by atomic mass is 10.0. The van der Waals surface area contributed by atoms with Crippen LogP contribution >= 0.6 is 0 Å². The van der Waals surface area contributed by atoms with Gasteiger partial charge in [0.2, 0.25) is 0 Å². The van der Waals surface area contributed by atoms with Crippen molar-refractivity contribution in [2.45, 2.75) is 73.1 Å².